The zero-order chi connectivity index (χ0) is 12.3. The summed E-state index contributed by atoms with van der Waals surface area (Å²) >= 11 is 0. The summed E-state index contributed by atoms with van der Waals surface area (Å²) in [5.41, 5.74) is 1.58. The average molecular weight is 224 g/mol. The van der Waals surface area contributed by atoms with Gasteiger partial charge in [-0.2, -0.15) is 0 Å². The SMILES string of the molecule is CNC(=O)c1cc(N[O-])cc([N+](=O)[O-])c1C. The number of nitro benzene ring substituents is 1. The number of carbonyl (C=O) groups is 1. The van der Waals surface area contributed by atoms with Gasteiger partial charge >= 0.3 is 0 Å². The fourth-order valence-electron chi connectivity index (χ4n) is 1.32. The van der Waals surface area contributed by atoms with E-state index >= 15 is 0 Å². The quantitative estimate of drug-likeness (QED) is 0.591. The van der Waals surface area contributed by atoms with Crippen LogP contribution in [0.4, 0.5) is 11.4 Å². The summed E-state index contributed by atoms with van der Waals surface area (Å²) in [5, 5.41) is 23.5. The predicted octanol–water partition coefficient (Wildman–Crippen LogP) is 1.17. The summed E-state index contributed by atoms with van der Waals surface area (Å²) < 4.78 is 0. The van der Waals surface area contributed by atoms with Crippen molar-refractivity contribution in [3.63, 3.8) is 0 Å². The van der Waals surface area contributed by atoms with Crippen LogP contribution >= 0.6 is 0 Å². The summed E-state index contributed by atoms with van der Waals surface area (Å²) in [6, 6.07) is 2.36. The van der Waals surface area contributed by atoms with Gasteiger partial charge in [-0.05, 0) is 13.0 Å². The van der Waals surface area contributed by atoms with Crippen LogP contribution in [0, 0.1) is 22.2 Å². The first kappa shape index (κ1) is 11.9. The summed E-state index contributed by atoms with van der Waals surface area (Å²) in [6.07, 6.45) is 0. The standard InChI is InChI=1S/C9H10N3O4/c1-5-7(9(13)10-2)3-6(11-14)4-8(5)12(15)16/h3-4,11H,1-2H3,(H,10,13)/q-1. The summed E-state index contributed by atoms with van der Waals surface area (Å²) in [5.74, 6) is -0.474. The Labute approximate surface area is 91.2 Å². The molecular formula is C9H10N3O4-. The molecule has 0 bridgehead atoms. The highest BCUT2D eigenvalue weighted by Crippen LogP contribution is 2.26. The first-order valence-electron chi connectivity index (χ1n) is 4.40. The van der Waals surface area contributed by atoms with Crippen LogP contribution in [0.15, 0.2) is 12.1 Å². The van der Waals surface area contributed by atoms with E-state index in [1.807, 2.05) is 0 Å². The van der Waals surface area contributed by atoms with Crippen LogP contribution in [0.3, 0.4) is 0 Å². The number of anilines is 1. The van der Waals surface area contributed by atoms with E-state index in [2.05, 4.69) is 5.32 Å². The maximum Gasteiger partial charge on any atom is 0.275 e. The first-order chi connectivity index (χ1) is 7.51. The molecule has 0 unspecified atom stereocenters. The van der Waals surface area contributed by atoms with Crippen LogP contribution in [0.1, 0.15) is 15.9 Å². The molecule has 0 aliphatic carbocycles. The minimum absolute atomic E-state index is 0.0177. The Balaban J connectivity index is 3.43. The molecule has 0 atom stereocenters. The second-order valence-corrected chi connectivity index (χ2v) is 3.11. The van der Waals surface area contributed by atoms with Gasteiger partial charge in [0.05, 0.1) is 10.5 Å². The van der Waals surface area contributed by atoms with Crippen LogP contribution in [-0.4, -0.2) is 17.9 Å². The van der Waals surface area contributed by atoms with Gasteiger partial charge in [0.25, 0.3) is 11.6 Å². The van der Waals surface area contributed by atoms with E-state index in [4.69, 9.17) is 0 Å². The molecule has 7 nitrogen and oxygen atoms in total. The number of hydrogen-bond donors (Lipinski definition) is 2. The van der Waals surface area contributed by atoms with Crippen LogP contribution < -0.4 is 10.8 Å². The molecule has 1 rings (SSSR count). The highest BCUT2D eigenvalue weighted by molar-refractivity contribution is 5.97. The molecule has 1 amide bonds. The fourth-order valence-corrected chi connectivity index (χ4v) is 1.32. The Morgan fingerprint density at radius 2 is 2.06 bits per heavy atom. The lowest BCUT2D eigenvalue weighted by Crippen LogP contribution is -2.19. The molecule has 2 N–H and O–H groups in total. The van der Waals surface area contributed by atoms with Crippen molar-refractivity contribution in [1.82, 2.24) is 5.32 Å². The van der Waals surface area contributed by atoms with Crippen LogP contribution in [0.2, 0.25) is 0 Å². The van der Waals surface area contributed by atoms with E-state index in [1.165, 1.54) is 25.5 Å². The molecule has 0 spiro atoms. The van der Waals surface area contributed by atoms with Crippen molar-refractivity contribution in [1.29, 1.82) is 0 Å². The van der Waals surface area contributed by atoms with Crippen molar-refractivity contribution in [2.75, 3.05) is 12.5 Å². The van der Waals surface area contributed by atoms with Crippen molar-refractivity contribution in [3.05, 3.63) is 38.6 Å². The highest BCUT2D eigenvalue weighted by Gasteiger charge is 2.18. The van der Waals surface area contributed by atoms with Gasteiger partial charge < -0.3 is 16.0 Å². The normalized spacial score (nSPS) is 9.69. The van der Waals surface area contributed by atoms with Gasteiger partial charge in [0.15, 0.2) is 0 Å². The van der Waals surface area contributed by atoms with Gasteiger partial charge in [-0.1, -0.05) is 0 Å². The molecule has 0 radical (unpaired) electrons. The van der Waals surface area contributed by atoms with E-state index in [9.17, 15) is 20.1 Å². The maximum atomic E-state index is 11.4. The van der Waals surface area contributed by atoms with Gasteiger partial charge in [-0.3, -0.25) is 14.9 Å². The minimum atomic E-state index is -0.636. The van der Waals surface area contributed by atoms with Gasteiger partial charge in [0, 0.05) is 24.4 Å². The number of nitro groups is 1. The van der Waals surface area contributed by atoms with Crippen molar-refractivity contribution in [2.24, 2.45) is 0 Å². The number of nitrogens with one attached hydrogen (secondary N) is 2. The Kier molecular flexibility index (Phi) is 3.41. The monoisotopic (exact) mass is 224 g/mol. The molecule has 0 aliphatic rings. The van der Waals surface area contributed by atoms with Crippen molar-refractivity contribution < 1.29 is 9.72 Å². The number of rotatable bonds is 3. The zero-order valence-corrected chi connectivity index (χ0v) is 8.73. The maximum absolute atomic E-state index is 11.4. The summed E-state index contributed by atoms with van der Waals surface area (Å²) in [4.78, 5) is 21.5. The number of carbonyl (C=O) groups excluding carboxylic acids is 1. The van der Waals surface area contributed by atoms with Crippen LogP contribution in [0.25, 0.3) is 0 Å². The van der Waals surface area contributed by atoms with E-state index in [0.29, 0.717) is 0 Å². The second kappa shape index (κ2) is 4.58. The van der Waals surface area contributed by atoms with Crippen molar-refractivity contribution in [3.8, 4) is 0 Å². The first-order valence-corrected chi connectivity index (χ1v) is 4.40. The highest BCUT2D eigenvalue weighted by atomic mass is 16.6. The van der Waals surface area contributed by atoms with Crippen molar-refractivity contribution >= 4 is 17.3 Å². The number of amides is 1. The molecule has 16 heavy (non-hydrogen) atoms. The molecule has 86 valence electrons. The summed E-state index contributed by atoms with van der Waals surface area (Å²) in [6.45, 7) is 1.46. The van der Waals surface area contributed by atoms with E-state index in [-0.39, 0.29) is 22.5 Å². The lowest BCUT2D eigenvalue weighted by molar-refractivity contribution is -0.385. The molecule has 0 saturated heterocycles. The van der Waals surface area contributed by atoms with E-state index < -0.39 is 10.8 Å². The number of benzene rings is 1. The lowest BCUT2D eigenvalue weighted by Gasteiger charge is -2.12. The second-order valence-electron chi connectivity index (χ2n) is 3.11. The number of nitrogens with zero attached hydrogens (tertiary/aromatic N) is 1. The van der Waals surface area contributed by atoms with Crippen molar-refractivity contribution in [2.45, 2.75) is 6.92 Å². The number of hydrogen-bond acceptors (Lipinski definition) is 5. The lowest BCUT2D eigenvalue weighted by atomic mass is 10.1. The Bertz CT molecular complexity index is 445. The molecule has 7 heteroatoms. The molecule has 0 fully saturated rings. The Morgan fingerprint density at radius 1 is 1.44 bits per heavy atom. The molecule has 0 aromatic heterocycles. The Hall–Kier alpha value is -2.15. The molecule has 0 heterocycles. The van der Waals surface area contributed by atoms with Gasteiger partial charge in [0.2, 0.25) is 0 Å². The van der Waals surface area contributed by atoms with Gasteiger partial charge in [-0.25, -0.2) is 0 Å². The van der Waals surface area contributed by atoms with Gasteiger partial charge in [-0.15, -0.1) is 0 Å². The average Bonchev–Trinajstić information content (AvgIpc) is 2.28. The molecule has 1 aromatic carbocycles. The van der Waals surface area contributed by atoms with Crippen LogP contribution in [0.5, 0.6) is 0 Å². The molecule has 1 aromatic rings. The zero-order valence-electron chi connectivity index (χ0n) is 8.73. The molecular weight excluding hydrogens is 214 g/mol. The largest absolute Gasteiger partial charge is 0.761 e. The topological polar surface area (TPSA) is 107 Å². The third kappa shape index (κ3) is 2.09. The molecule has 0 aliphatic heterocycles. The predicted molar refractivity (Wildman–Crippen MR) is 58.2 cm³/mol. The third-order valence-corrected chi connectivity index (χ3v) is 2.17. The van der Waals surface area contributed by atoms with E-state index in [0.717, 1.165) is 6.07 Å². The third-order valence-electron chi connectivity index (χ3n) is 2.17. The minimum Gasteiger partial charge on any atom is -0.761 e. The Morgan fingerprint density at radius 3 is 2.50 bits per heavy atom. The van der Waals surface area contributed by atoms with Crippen LogP contribution in [-0.2, 0) is 0 Å². The molecule has 0 saturated carbocycles. The summed E-state index contributed by atoms with van der Waals surface area (Å²) in [7, 11) is 1.41. The van der Waals surface area contributed by atoms with E-state index in [1.54, 1.807) is 0 Å². The smallest absolute Gasteiger partial charge is 0.275 e. The van der Waals surface area contributed by atoms with Gasteiger partial charge in [0.1, 0.15) is 0 Å². The fraction of sp³-hybridized carbons (Fsp3) is 0.222.